The standard InChI is InChI=1S/C16H31NO2/c1-4-19-14-7-9-17(10-8-14)15-11-13(12(2)3)5-6-16(15)18/h12-16,18H,4-11H2,1-3H3. The number of hydrogen-bond acceptors (Lipinski definition) is 3. The molecule has 0 spiro atoms. The van der Waals surface area contributed by atoms with Crippen LogP contribution in [0, 0.1) is 11.8 Å². The van der Waals surface area contributed by atoms with Crippen molar-refractivity contribution < 1.29 is 9.84 Å². The van der Waals surface area contributed by atoms with Crippen molar-refractivity contribution in [1.82, 2.24) is 4.90 Å². The van der Waals surface area contributed by atoms with Crippen LogP contribution >= 0.6 is 0 Å². The van der Waals surface area contributed by atoms with E-state index in [9.17, 15) is 5.11 Å². The predicted molar refractivity (Wildman–Crippen MR) is 78.2 cm³/mol. The maximum absolute atomic E-state index is 10.3. The molecule has 3 nitrogen and oxygen atoms in total. The largest absolute Gasteiger partial charge is 0.391 e. The molecule has 1 aliphatic heterocycles. The second kappa shape index (κ2) is 7.05. The van der Waals surface area contributed by atoms with Gasteiger partial charge in [0.25, 0.3) is 0 Å². The SMILES string of the molecule is CCOC1CCN(C2CC(C(C)C)CCC2O)CC1. The van der Waals surface area contributed by atoms with E-state index >= 15 is 0 Å². The molecule has 2 rings (SSSR count). The van der Waals surface area contributed by atoms with Gasteiger partial charge in [-0.2, -0.15) is 0 Å². The van der Waals surface area contributed by atoms with E-state index in [1.165, 1.54) is 12.8 Å². The fourth-order valence-electron chi connectivity index (χ4n) is 3.77. The molecule has 3 atom stereocenters. The Kier molecular flexibility index (Phi) is 5.67. The van der Waals surface area contributed by atoms with Gasteiger partial charge in [0, 0.05) is 25.7 Å². The highest BCUT2D eigenvalue weighted by molar-refractivity contribution is 4.89. The summed E-state index contributed by atoms with van der Waals surface area (Å²) in [6.07, 6.45) is 5.95. The molecule has 1 N–H and O–H groups in total. The maximum Gasteiger partial charge on any atom is 0.0695 e. The maximum atomic E-state index is 10.3. The van der Waals surface area contributed by atoms with Crippen LogP contribution in [-0.2, 0) is 4.74 Å². The number of rotatable bonds is 4. The molecule has 0 bridgehead atoms. The molecule has 112 valence electrons. The number of ether oxygens (including phenoxy) is 1. The first-order chi connectivity index (χ1) is 9.11. The minimum absolute atomic E-state index is 0.112. The molecule has 0 aromatic heterocycles. The van der Waals surface area contributed by atoms with Crippen LogP contribution in [0.2, 0.25) is 0 Å². The molecular weight excluding hydrogens is 238 g/mol. The lowest BCUT2D eigenvalue weighted by molar-refractivity contribution is -0.0433. The quantitative estimate of drug-likeness (QED) is 0.851. The summed E-state index contributed by atoms with van der Waals surface area (Å²) in [5, 5.41) is 10.3. The Labute approximate surface area is 118 Å². The van der Waals surface area contributed by atoms with Gasteiger partial charge in [0.1, 0.15) is 0 Å². The van der Waals surface area contributed by atoms with Gasteiger partial charge < -0.3 is 9.84 Å². The second-order valence-corrected chi connectivity index (χ2v) is 6.64. The third-order valence-electron chi connectivity index (χ3n) is 5.11. The highest BCUT2D eigenvalue weighted by Crippen LogP contribution is 2.34. The van der Waals surface area contributed by atoms with Gasteiger partial charge in [-0.25, -0.2) is 0 Å². The van der Waals surface area contributed by atoms with E-state index in [2.05, 4.69) is 25.7 Å². The molecule has 19 heavy (non-hydrogen) atoms. The van der Waals surface area contributed by atoms with Gasteiger partial charge in [-0.15, -0.1) is 0 Å². The molecular formula is C16H31NO2. The molecule has 2 aliphatic rings. The predicted octanol–water partition coefficient (Wildman–Crippen LogP) is 2.67. The molecule has 2 fully saturated rings. The Balaban J connectivity index is 1.86. The van der Waals surface area contributed by atoms with Crippen molar-refractivity contribution in [1.29, 1.82) is 0 Å². The Morgan fingerprint density at radius 3 is 2.42 bits per heavy atom. The topological polar surface area (TPSA) is 32.7 Å². The van der Waals surface area contributed by atoms with Crippen molar-refractivity contribution in [3.8, 4) is 0 Å². The molecule has 3 heteroatoms. The molecule has 1 aliphatic carbocycles. The zero-order valence-corrected chi connectivity index (χ0v) is 12.8. The summed E-state index contributed by atoms with van der Waals surface area (Å²) in [5.41, 5.74) is 0. The third-order valence-corrected chi connectivity index (χ3v) is 5.11. The van der Waals surface area contributed by atoms with E-state index < -0.39 is 0 Å². The van der Waals surface area contributed by atoms with E-state index in [0.717, 1.165) is 50.8 Å². The molecule has 0 amide bonds. The lowest BCUT2D eigenvalue weighted by atomic mass is 9.77. The first-order valence-electron chi connectivity index (χ1n) is 8.15. The van der Waals surface area contributed by atoms with Crippen molar-refractivity contribution >= 4 is 0 Å². The van der Waals surface area contributed by atoms with Crippen LogP contribution in [0.3, 0.4) is 0 Å². The normalized spacial score (nSPS) is 34.9. The fraction of sp³-hybridized carbons (Fsp3) is 1.00. The van der Waals surface area contributed by atoms with Crippen LogP contribution in [0.25, 0.3) is 0 Å². The minimum atomic E-state index is -0.112. The van der Waals surface area contributed by atoms with Crippen molar-refractivity contribution in [3.05, 3.63) is 0 Å². The molecule has 3 unspecified atom stereocenters. The van der Waals surface area contributed by atoms with E-state index in [0.29, 0.717) is 12.1 Å². The van der Waals surface area contributed by atoms with Crippen molar-refractivity contribution in [2.75, 3.05) is 19.7 Å². The van der Waals surface area contributed by atoms with E-state index in [4.69, 9.17) is 4.74 Å². The molecule has 1 saturated heterocycles. The number of hydrogen-bond donors (Lipinski definition) is 1. The fourth-order valence-corrected chi connectivity index (χ4v) is 3.77. The molecule has 1 saturated carbocycles. The lowest BCUT2D eigenvalue weighted by Gasteiger charge is -2.44. The number of piperidine rings is 1. The van der Waals surface area contributed by atoms with Crippen molar-refractivity contribution in [2.45, 2.75) is 71.1 Å². The van der Waals surface area contributed by atoms with Gasteiger partial charge in [0.2, 0.25) is 0 Å². The van der Waals surface area contributed by atoms with E-state index in [1.807, 2.05) is 0 Å². The Morgan fingerprint density at radius 1 is 1.16 bits per heavy atom. The summed E-state index contributed by atoms with van der Waals surface area (Å²) in [6.45, 7) is 9.73. The number of likely N-dealkylation sites (tertiary alicyclic amines) is 1. The average molecular weight is 269 g/mol. The first kappa shape index (κ1) is 15.3. The Morgan fingerprint density at radius 2 is 1.84 bits per heavy atom. The van der Waals surface area contributed by atoms with Gasteiger partial charge >= 0.3 is 0 Å². The van der Waals surface area contributed by atoms with Crippen LogP contribution in [0.1, 0.15) is 52.9 Å². The van der Waals surface area contributed by atoms with Crippen molar-refractivity contribution in [3.63, 3.8) is 0 Å². The van der Waals surface area contributed by atoms with Crippen molar-refractivity contribution in [2.24, 2.45) is 11.8 Å². The zero-order chi connectivity index (χ0) is 13.8. The van der Waals surface area contributed by atoms with Gasteiger partial charge in [-0.3, -0.25) is 4.90 Å². The summed E-state index contributed by atoms with van der Waals surface area (Å²) < 4.78 is 5.72. The van der Waals surface area contributed by atoms with Crippen LogP contribution in [0.15, 0.2) is 0 Å². The van der Waals surface area contributed by atoms with Crippen LogP contribution in [-0.4, -0.2) is 48.0 Å². The van der Waals surface area contributed by atoms with Crippen LogP contribution in [0.4, 0.5) is 0 Å². The Hall–Kier alpha value is -0.120. The van der Waals surface area contributed by atoms with Crippen LogP contribution < -0.4 is 0 Å². The minimum Gasteiger partial charge on any atom is -0.391 e. The molecule has 0 aromatic rings. The summed E-state index contributed by atoms with van der Waals surface area (Å²) in [4.78, 5) is 2.52. The van der Waals surface area contributed by atoms with Gasteiger partial charge in [0.05, 0.1) is 12.2 Å². The van der Waals surface area contributed by atoms with E-state index in [1.54, 1.807) is 0 Å². The van der Waals surface area contributed by atoms with Gasteiger partial charge in [-0.1, -0.05) is 13.8 Å². The smallest absolute Gasteiger partial charge is 0.0695 e. The summed E-state index contributed by atoms with van der Waals surface area (Å²) >= 11 is 0. The second-order valence-electron chi connectivity index (χ2n) is 6.64. The number of nitrogens with zero attached hydrogens (tertiary/aromatic N) is 1. The molecule has 0 aromatic carbocycles. The van der Waals surface area contributed by atoms with Gasteiger partial charge in [0.15, 0.2) is 0 Å². The third kappa shape index (κ3) is 3.93. The number of aliphatic hydroxyl groups is 1. The Bertz CT molecular complexity index is 261. The molecule has 1 heterocycles. The number of aliphatic hydroxyl groups excluding tert-OH is 1. The van der Waals surface area contributed by atoms with Gasteiger partial charge in [-0.05, 0) is 50.9 Å². The summed E-state index contributed by atoms with van der Waals surface area (Å²) in [6, 6.07) is 0.392. The zero-order valence-electron chi connectivity index (χ0n) is 12.8. The lowest BCUT2D eigenvalue weighted by Crippen LogP contribution is -2.51. The average Bonchev–Trinajstić information content (AvgIpc) is 2.40. The van der Waals surface area contributed by atoms with E-state index in [-0.39, 0.29) is 6.10 Å². The summed E-state index contributed by atoms with van der Waals surface area (Å²) in [7, 11) is 0. The summed E-state index contributed by atoms with van der Waals surface area (Å²) in [5.74, 6) is 1.54. The monoisotopic (exact) mass is 269 g/mol. The first-order valence-corrected chi connectivity index (χ1v) is 8.15. The molecule has 0 radical (unpaired) electrons. The highest BCUT2D eigenvalue weighted by atomic mass is 16.5. The highest BCUT2D eigenvalue weighted by Gasteiger charge is 2.35. The van der Waals surface area contributed by atoms with Crippen LogP contribution in [0.5, 0.6) is 0 Å².